The maximum Gasteiger partial charge on any atom is 0.338 e. The number of amides is 1. The second-order valence-electron chi connectivity index (χ2n) is 5.18. The summed E-state index contributed by atoms with van der Waals surface area (Å²) in [6.45, 7) is 0. The van der Waals surface area contributed by atoms with Crippen LogP contribution in [-0.2, 0) is 4.74 Å². The van der Waals surface area contributed by atoms with E-state index in [-0.39, 0.29) is 5.91 Å². The summed E-state index contributed by atoms with van der Waals surface area (Å²) in [7, 11) is 1.32. The van der Waals surface area contributed by atoms with Crippen molar-refractivity contribution in [3.05, 3.63) is 77.8 Å². The van der Waals surface area contributed by atoms with Crippen LogP contribution >= 0.6 is 0 Å². The molecule has 0 spiro atoms. The number of ether oxygens (including phenoxy) is 1. The van der Waals surface area contributed by atoms with Crippen LogP contribution in [0.4, 0.5) is 0 Å². The van der Waals surface area contributed by atoms with Gasteiger partial charge in [-0.2, -0.15) is 5.10 Å². The lowest BCUT2D eigenvalue weighted by Gasteiger charge is -2.04. The predicted octanol–water partition coefficient (Wildman–Crippen LogP) is 2.89. The van der Waals surface area contributed by atoms with Crippen LogP contribution in [0.1, 0.15) is 26.5 Å². The molecule has 0 fully saturated rings. The lowest BCUT2D eigenvalue weighted by Crippen LogP contribution is -2.17. The highest BCUT2D eigenvalue weighted by Crippen LogP contribution is 2.25. The second-order valence-corrected chi connectivity index (χ2v) is 5.18. The monoisotopic (exact) mass is 349 g/mol. The van der Waals surface area contributed by atoms with Gasteiger partial charge in [-0.15, -0.1) is 0 Å². The molecule has 0 atom stereocenters. The summed E-state index contributed by atoms with van der Waals surface area (Å²) in [5.41, 5.74) is 3.80. The Labute approximate surface area is 149 Å². The van der Waals surface area contributed by atoms with Crippen molar-refractivity contribution in [2.45, 2.75) is 0 Å². The quantitative estimate of drug-likeness (QED) is 0.434. The Balaban J connectivity index is 1.73. The Bertz CT molecular complexity index is 948. The number of hydrogen-bond donors (Lipinski definition) is 1. The Hall–Kier alpha value is -3.74. The minimum atomic E-state index is -0.448. The van der Waals surface area contributed by atoms with Crippen LogP contribution in [0.15, 0.2) is 70.4 Å². The van der Waals surface area contributed by atoms with Gasteiger partial charge in [-0.1, -0.05) is 18.2 Å². The molecular weight excluding hydrogens is 334 g/mol. The number of aromatic nitrogens is 1. The molecule has 1 amide bonds. The predicted molar refractivity (Wildman–Crippen MR) is 94.8 cm³/mol. The summed E-state index contributed by atoms with van der Waals surface area (Å²) >= 11 is 0. The Kier molecular flexibility index (Phi) is 5.19. The molecule has 2 heterocycles. The Morgan fingerprint density at radius 1 is 1.15 bits per heavy atom. The normalized spacial score (nSPS) is 10.7. The molecule has 7 nitrogen and oxygen atoms in total. The fourth-order valence-electron chi connectivity index (χ4n) is 2.27. The van der Waals surface area contributed by atoms with Gasteiger partial charge in [0.15, 0.2) is 0 Å². The van der Waals surface area contributed by atoms with Gasteiger partial charge in [-0.3, -0.25) is 9.78 Å². The number of methoxy groups -OCH3 is 1. The molecule has 3 rings (SSSR count). The molecule has 0 saturated heterocycles. The van der Waals surface area contributed by atoms with Gasteiger partial charge in [0.2, 0.25) is 0 Å². The third-order valence-corrected chi connectivity index (χ3v) is 3.51. The number of nitrogens with zero attached hydrogens (tertiary/aromatic N) is 2. The molecule has 0 unspecified atom stereocenters. The first-order valence-electron chi connectivity index (χ1n) is 7.70. The largest absolute Gasteiger partial charge is 0.465 e. The van der Waals surface area contributed by atoms with Gasteiger partial charge >= 0.3 is 5.97 Å². The topological polar surface area (TPSA) is 93.8 Å². The van der Waals surface area contributed by atoms with Crippen LogP contribution in [0.3, 0.4) is 0 Å². The lowest BCUT2D eigenvalue weighted by atomic mass is 10.1. The van der Waals surface area contributed by atoms with E-state index in [1.165, 1.54) is 19.5 Å². The van der Waals surface area contributed by atoms with E-state index < -0.39 is 5.97 Å². The van der Waals surface area contributed by atoms with E-state index in [1.807, 2.05) is 0 Å². The molecule has 0 aliphatic rings. The van der Waals surface area contributed by atoms with Crippen LogP contribution in [-0.4, -0.2) is 30.2 Å². The molecule has 0 aliphatic carbocycles. The van der Waals surface area contributed by atoms with Crippen molar-refractivity contribution in [2.75, 3.05) is 7.11 Å². The van der Waals surface area contributed by atoms with E-state index >= 15 is 0 Å². The molecule has 1 aromatic carbocycles. The van der Waals surface area contributed by atoms with Crippen LogP contribution in [0.5, 0.6) is 0 Å². The molecular formula is C19H15N3O4. The Morgan fingerprint density at radius 3 is 2.77 bits per heavy atom. The van der Waals surface area contributed by atoms with Crippen LogP contribution in [0.2, 0.25) is 0 Å². The number of hydrazone groups is 1. The lowest BCUT2D eigenvalue weighted by molar-refractivity contribution is 0.0601. The third kappa shape index (κ3) is 3.84. The van der Waals surface area contributed by atoms with Gasteiger partial charge < -0.3 is 9.15 Å². The number of carbonyl (C=O) groups is 2. The zero-order valence-corrected chi connectivity index (χ0v) is 13.9. The smallest absolute Gasteiger partial charge is 0.338 e. The second kappa shape index (κ2) is 7.89. The zero-order valence-electron chi connectivity index (χ0n) is 13.9. The van der Waals surface area contributed by atoms with Crippen molar-refractivity contribution < 1.29 is 18.7 Å². The van der Waals surface area contributed by atoms with Crippen molar-refractivity contribution in [1.82, 2.24) is 10.4 Å². The summed E-state index contributed by atoms with van der Waals surface area (Å²) < 4.78 is 10.5. The number of furan rings is 1. The van der Waals surface area contributed by atoms with Gasteiger partial charge in [0.05, 0.1) is 24.5 Å². The molecule has 2 aromatic heterocycles. The zero-order chi connectivity index (χ0) is 18.4. The minimum absolute atomic E-state index is 0.378. The van der Waals surface area contributed by atoms with Crippen molar-refractivity contribution in [2.24, 2.45) is 5.10 Å². The fourth-order valence-corrected chi connectivity index (χ4v) is 2.27. The number of esters is 1. The average molecular weight is 349 g/mol. The summed E-state index contributed by atoms with van der Waals surface area (Å²) in [6, 6.07) is 13.7. The number of pyridine rings is 1. The van der Waals surface area contributed by atoms with E-state index in [4.69, 9.17) is 9.15 Å². The molecule has 3 aromatic rings. The van der Waals surface area contributed by atoms with E-state index in [9.17, 15) is 9.59 Å². The van der Waals surface area contributed by atoms with Crippen LogP contribution in [0.25, 0.3) is 11.3 Å². The van der Waals surface area contributed by atoms with Crippen LogP contribution < -0.4 is 5.43 Å². The highest BCUT2D eigenvalue weighted by atomic mass is 16.5. The molecule has 7 heteroatoms. The number of benzene rings is 1. The first-order chi connectivity index (χ1) is 12.7. The van der Waals surface area contributed by atoms with E-state index in [0.717, 1.165) is 0 Å². The molecule has 26 heavy (non-hydrogen) atoms. The van der Waals surface area contributed by atoms with E-state index in [2.05, 4.69) is 15.5 Å². The summed E-state index contributed by atoms with van der Waals surface area (Å²) in [5.74, 6) is 0.0882. The molecule has 1 N–H and O–H groups in total. The van der Waals surface area contributed by atoms with Crippen molar-refractivity contribution in [3.63, 3.8) is 0 Å². The molecule has 130 valence electrons. The van der Waals surface area contributed by atoms with Gasteiger partial charge in [0, 0.05) is 18.0 Å². The maximum absolute atomic E-state index is 11.9. The van der Waals surface area contributed by atoms with E-state index in [1.54, 1.807) is 54.7 Å². The average Bonchev–Trinajstić information content (AvgIpc) is 3.16. The SMILES string of the molecule is COC(=O)c1ccccc1-c1ccc(/C=N/NC(=O)c2cccnc2)o1. The summed E-state index contributed by atoms with van der Waals surface area (Å²) in [6.07, 6.45) is 4.40. The third-order valence-electron chi connectivity index (χ3n) is 3.51. The minimum Gasteiger partial charge on any atom is -0.465 e. The number of rotatable bonds is 5. The Morgan fingerprint density at radius 2 is 2.00 bits per heavy atom. The van der Waals surface area contributed by atoms with E-state index in [0.29, 0.717) is 28.2 Å². The molecule has 0 aliphatic heterocycles. The summed E-state index contributed by atoms with van der Waals surface area (Å²) in [4.78, 5) is 27.6. The first kappa shape index (κ1) is 17.1. The van der Waals surface area contributed by atoms with Gasteiger partial charge in [0.1, 0.15) is 11.5 Å². The number of nitrogens with one attached hydrogen (secondary N) is 1. The van der Waals surface area contributed by atoms with Gasteiger partial charge in [-0.25, -0.2) is 10.2 Å². The fraction of sp³-hybridized carbons (Fsp3) is 0.0526. The highest BCUT2D eigenvalue weighted by molar-refractivity contribution is 5.97. The van der Waals surface area contributed by atoms with Crippen molar-refractivity contribution in [1.29, 1.82) is 0 Å². The number of carbonyl (C=O) groups excluding carboxylic acids is 2. The van der Waals surface area contributed by atoms with Gasteiger partial charge in [0.25, 0.3) is 5.91 Å². The highest BCUT2D eigenvalue weighted by Gasteiger charge is 2.15. The summed E-state index contributed by atoms with van der Waals surface area (Å²) in [5, 5.41) is 3.86. The molecule has 0 radical (unpaired) electrons. The standard InChI is InChI=1S/C19H15N3O4/c1-25-19(24)16-7-3-2-6-15(16)17-9-8-14(26-17)12-21-22-18(23)13-5-4-10-20-11-13/h2-12H,1H3,(H,22,23)/b21-12+. The molecule has 0 bridgehead atoms. The van der Waals surface area contributed by atoms with Crippen molar-refractivity contribution in [3.8, 4) is 11.3 Å². The molecule has 0 saturated carbocycles. The maximum atomic E-state index is 11.9. The van der Waals surface area contributed by atoms with Crippen molar-refractivity contribution >= 4 is 18.1 Å². The first-order valence-corrected chi connectivity index (χ1v) is 7.70. The number of hydrogen-bond acceptors (Lipinski definition) is 6. The van der Waals surface area contributed by atoms with Gasteiger partial charge in [-0.05, 0) is 30.3 Å². The van der Waals surface area contributed by atoms with Crippen LogP contribution in [0, 0.1) is 0 Å².